The Morgan fingerprint density at radius 2 is 2.00 bits per heavy atom. The number of nitrogens with two attached hydrogens (primary N) is 1. The molecule has 0 bridgehead atoms. The topological polar surface area (TPSA) is 46.3 Å². The van der Waals surface area contributed by atoms with Gasteiger partial charge in [0.1, 0.15) is 0 Å². The van der Waals surface area contributed by atoms with Crippen LogP contribution in [0, 0.1) is 6.92 Å². The largest absolute Gasteiger partial charge is 0.398 e. The molecule has 0 atom stereocenters. The third-order valence-corrected chi connectivity index (χ3v) is 3.59. The normalized spacial score (nSPS) is 10.3. The molecular weight excluding hydrogens is 316 g/mol. The Morgan fingerprint density at radius 3 is 2.70 bits per heavy atom. The second-order valence-corrected chi connectivity index (χ2v) is 5.80. The molecule has 2 aromatic rings. The fraction of sp³-hybridized carbons (Fsp3) is 0.188. The maximum absolute atomic E-state index is 12.4. The molecule has 0 heterocycles. The molecule has 2 aromatic carbocycles. The zero-order valence-corrected chi connectivity index (χ0v) is 13.1. The van der Waals surface area contributed by atoms with Crippen LogP contribution in [-0.2, 0) is 6.54 Å². The highest BCUT2D eigenvalue weighted by atomic mass is 79.9. The first-order valence-electron chi connectivity index (χ1n) is 6.33. The van der Waals surface area contributed by atoms with Crippen molar-refractivity contribution in [1.82, 2.24) is 4.90 Å². The van der Waals surface area contributed by atoms with Crippen LogP contribution in [0.5, 0.6) is 0 Å². The lowest BCUT2D eigenvalue weighted by molar-refractivity contribution is 0.0786. The van der Waals surface area contributed by atoms with E-state index in [0.29, 0.717) is 17.8 Å². The van der Waals surface area contributed by atoms with Gasteiger partial charge >= 0.3 is 0 Å². The second-order valence-electron chi connectivity index (χ2n) is 4.88. The number of nitrogens with zero attached hydrogens (tertiary/aromatic N) is 1. The highest BCUT2D eigenvalue weighted by Crippen LogP contribution is 2.18. The van der Waals surface area contributed by atoms with Crippen molar-refractivity contribution in [3.05, 3.63) is 63.6 Å². The van der Waals surface area contributed by atoms with Gasteiger partial charge in [-0.05, 0) is 36.8 Å². The first-order chi connectivity index (χ1) is 9.47. The summed E-state index contributed by atoms with van der Waals surface area (Å²) in [5, 5.41) is 0. The van der Waals surface area contributed by atoms with Crippen molar-refractivity contribution < 1.29 is 4.79 Å². The summed E-state index contributed by atoms with van der Waals surface area (Å²) >= 11 is 3.43. The Bertz CT molecular complexity index is 640. The minimum absolute atomic E-state index is 0.0637. The first kappa shape index (κ1) is 14.6. The number of halogens is 1. The van der Waals surface area contributed by atoms with E-state index in [1.807, 2.05) is 43.3 Å². The lowest BCUT2D eigenvalue weighted by Gasteiger charge is -2.18. The van der Waals surface area contributed by atoms with E-state index in [1.165, 1.54) is 0 Å². The summed E-state index contributed by atoms with van der Waals surface area (Å²) < 4.78 is 1.01. The Hall–Kier alpha value is -1.81. The Morgan fingerprint density at radius 1 is 1.25 bits per heavy atom. The quantitative estimate of drug-likeness (QED) is 0.872. The molecule has 0 saturated carbocycles. The summed E-state index contributed by atoms with van der Waals surface area (Å²) in [5.74, 6) is -0.0637. The average molecular weight is 333 g/mol. The molecule has 0 aliphatic heterocycles. The number of anilines is 1. The summed E-state index contributed by atoms with van der Waals surface area (Å²) in [5.41, 5.74) is 9.06. The summed E-state index contributed by atoms with van der Waals surface area (Å²) in [4.78, 5) is 14.1. The van der Waals surface area contributed by atoms with Crippen LogP contribution in [0.25, 0.3) is 0 Å². The van der Waals surface area contributed by atoms with Crippen LogP contribution < -0.4 is 5.73 Å². The van der Waals surface area contributed by atoms with Gasteiger partial charge in [0.2, 0.25) is 0 Å². The van der Waals surface area contributed by atoms with Gasteiger partial charge in [0, 0.05) is 23.8 Å². The van der Waals surface area contributed by atoms with Crippen molar-refractivity contribution in [1.29, 1.82) is 0 Å². The lowest BCUT2D eigenvalue weighted by atomic mass is 10.1. The molecule has 104 valence electrons. The van der Waals surface area contributed by atoms with E-state index < -0.39 is 0 Å². The maximum atomic E-state index is 12.4. The molecule has 2 N–H and O–H groups in total. The predicted octanol–water partition coefficient (Wildman–Crippen LogP) is 3.61. The van der Waals surface area contributed by atoms with Gasteiger partial charge in [-0.2, -0.15) is 0 Å². The van der Waals surface area contributed by atoms with Gasteiger partial charge in [-0.3, -0.25) is 4.79 Å². The molecule has 3 nitrogen and oxygen atoms in total. The van der Waals surface area contributed by atoms with Gasteiger partial charge in [0.15, 0.2) is 0 Å². The second kappa shape index (κ2) is 6.09. The van der Waals surface area contributed by atoms with E-state index in [9.17, 15) is 4.79 Å². The molecule has 2 rings (SSSR count). The SMILES string of the molecule is Cc1ccc(N)c(C(=O)N(C)Cc2cccc(Br)c2)c1. The van der Waals surface area contributed by atoms with Gasteiger partial charge in [-0.15, -0.1) is 0 Å². The van der Waals surface area contributed by atoms with E-state index >= 15 is 0 Å². The number of amides is 1. The molecular formula is C16H17BrN2O. The molecule has 0 fully saturated rings. The van der Waals surface area contributed by atoms with Gasteiger partial charge in [-0.25, -0.2) is 0 Å². The molecule has 0 aromatic heterocycles. The lowest BCUT2D eigenvalue weighted by Crippen LogP contribution is -2.27. The number of carbonyl (C=O) groups excluding carboxylic acids is 1. The summed E-state index contributed by atoms with van der Waals surface area (Å²) in [7, 11) is 1.78. The van der Waals surface area contributed by atoms with Crippen LogP contribution in [0.1, 0.15) is 21.5 Å². The third-order valence-electron chi connectivity index (χ3n) is 3.09. The summed E-state index contributed by atoms with van der Waals surface area (Å²) in [6.07, 6.45) is 0. The van der Waals surface area contributed by atoms with E-state index in [0.717, 1.165) is 15.6 Å². The number of hydrogen-bond acceptors (Lipinski definition) is 2. The fourth-order valence-electron chi connectivity index (χ4n) is 2.04. The van der Waals surface area contributed by atoms with Crippen LogP contribution in [0.3, 0.4) is 0 Å². The number of benzene rings is 2. The molecule has 0 radical (unpaired) electrons. The number of carbonyl (C=O) groups is 1. The van der Waals surface area contributed by atoms with Crippen molar-refractivity contribution in [3.8, 4) is 0 Å². The van der Waals surface area contributed by atoms with Crippen molar-refractivity contribution >= 4 is 27.5 Å². The highest BCUT2D eigenvalue weighted by Gasteiger charge is 2.15. The zero-order chi connectivity index (χ0) is 14.7. The molecule has 0 spiro atoms. The molecule has 4 heteroatoms. The summed E-state index contributed by atoms with van der Waals surface area (Å²) in [6.45, 7) is 2.50. The minimum Gasteiger partial charge on any atom is -0.398 e. The fourth-order valence-corrected chi connectivity index (χ4v) is 2.49. The highest BCUT2D eigenvalue weighted by molar-refractivity contribution is 9.10. The van der Waals surface area contributed by atoms with Gasteiger partial charge in [0.05, 0.1) is 5.56 Å². The Labute approximate surface area is 127 Å². The molecule has 0 saturated heterocycles. The van der Waals surface area contributed by atoms with E-state index in [4.69, 9.17) is 5.73 Å². The maximum Gasteiger partial charge on any atom is 0.255 e. The van der Waals surface area contributed by atoms with Crippen LogP contribution in [0.2, 0.25) is 0 Å². The number of aryl methyl sites for hydroxylation is 1. The number of nitrogen functional groups attached to an aromatic ring is 1. The zero-order valence-electron chi connectivity index (χ0n) is 11.6. The molecule has 20 heavy (non-hydrogen) atoms. The number of hydrogen-bond donors (Lipinski definition) is 1. The Kier molecular flexibility index (Phi) is 4.45. The van der Waals surface area contributed by atoms with Crippen molar-refractivity contribution in [2.45, 2.75) is 13.5 Å². The Balaban J connectivity index is 2.18. The van der Waals surface area contributed by atoms with Crippen LogP contribution >= 0.6 is 15.9 Å². The van der Waals surface area contributed by atoms with Gasteiger partial charge < -0.3 is 10.6 Å². The van der Waals surface area contributed by atoms with Crippen molar-refractivity contribution in [2.24, 2.45) is 0 Å². The molecule has 0 aliphatic rings. The minimum atomic E-state index is -0.0637. The van der Waals surface area contributed by atoms with E-state index in [2.05, 4.69) is 15.9 Å². The first-order valence-corrected chi connectivity index (χ1v) is 7.12. The molecule has 0 unspecified atom stereocenters. The van der Waals surface area contributed by atoms with Crippen LogP contribution in [-0.4, -0.2) is 17.9 Å². The van der Waals surface area contributed by atoms with Crippen molar-refractivity contribution in [2.75, 3.05) is 12.8 Å². The molecule has 0 aliphatic carbocycles. The smallest absolute Gasteiger partial charge is 0.255 e. The average Bonchev–Trinajstić information content (AvgIpc) is 2.40. The standard InChI is InChI=1S/C16H17BrN2O/c1-11-6-7-15(18)14(8-11)16(20)19(2)10-12-4-3-5-13(17)9-12/h3-9H,10,18H2,1-2H3. The predicted molar refractivity (Wildman–Crippen MR) is 85.5 cm³/mol. The molecule has 1 amide bonds. The van der Waals surface area contributed by atoms with Crippen LogP contribution in [0.15, 0.2) is 46.9 Å². The van der Waals surface area contributed by atoms with Gasteiger partial charge in [-0.1, -0.05) is 39.7 Å². The monoisotopic (exact) mass is 332 g/mol. The van der Waals surface area contributed by atoms with Crippen molar-refractivity contribution in [3.63, 3.8) is 0 Å². The number of rotatable bonds is 3. The van der Waals surface area contributed by atoms with Gasteiger partial charge in [0.25, 0.3) is 5.91 Å². The van der Waals surface area contributed by atoms with Crippen LogP contribution in [0.4, 0.5) is 5.69 Å². The summed E-state index contributed by atoms with van der Waals surface area (Å²) in [6, 6.07) is 13.4. The van der Waals surface area contributed by atoms with E-state index in [1.54, 1.807) is 18.0 Å². The third kappa shape index (κ3) is 3.39. The van der Waals surface area contributed by atoms with E-state index in [-0.39, 0.29) is 5.91 Å².